The van der Waals surface area contributed by atoms with E-state index >= 15 is 0 Å². The molecule has 0 N–H and O–H groups in total. The van der Waals surface area contributed by atoms with Crippen LogP contribution in [0.25, 0.3) is 64.5 Å². The van der Waals surface area contributed by atoms with Gasteiger partial charge in [-0.1, -0.05) is 84.9 Å². The molecular formula is C51H32N4. The second kappa shape index (κ2) is 12.2. The molecule has 0 unspecified atom stereocenters. The van der Waals surface area contributed by atoms with Crippen molar-refractivity contribution in [3.05, 3.63) is 206 Å². The van der Waals surface area contributed by atoms with Crippen molar-refractivity contribution < 1.29 is 0 Å². The third-order valence-corrected chi connectivity index (χ3v) is 11.0. The molecule has 2 aromatic heterocycles. The van der Waals surface area contributed by atoms with Gasteiger partial charge in [0.05, 0.1) is 23.1 Å². The standard InChI is InChI=1S/C51H32N4/c1-52-38-32-47-45-28-34-22-24-43(53(39-14-6-2-7-15-39)40-16-8-3-9-17-40)26-36(34)30-49(45)55-50-31-37-27-44(25-23-35(37)29-46(50)48(33-38)51(47)55)54(41-18-10-4-11-19-41)42-20-12-5-13-21-42/h2-33H. The van der Waals surface area contributed by atoms with E-state index in [9.17, 15) is 0 Å². The van der Waals surface area contributed by atoms with Crippen LogP contribution >= 0.6 is 0 Å². The Morgan fingerprint density at radius 1 is 0.345 bits per heavy atom. The molecule has 11 aromatic rings. The molecule has 0 aliphatic rings. The van der Waals surface area contributed by atoms with Gasteiger partial charge in [0.25, 0.3) is 0 Å². The minimum absolute atomic E-state index is 0.656. The molecule has 0 radical (unpaired) electrons. The van der Waals surface area contributed by atoms with E-state index in [2.05, 4.69) is 213 Å². The molecule has 55 heavy (non-hydrogen) atoms. The van der Waals surface area contributed by atoms with Crippen LogP contribution in [0, 0.1) is 6.57 Å². The second-order valence-corrected chi connectivity index (χ2v) is 14.2. The number of anilines is 6. The Hall–Kier alpha value is -7.61. The Morgan fingerprint density at radius 2 is 0.727 bits per heavy atom. The maximum atomic E-state index is 8.04. The minimum atomic E-state index is 0.656. The van der Waals surface area contributed by atoms with Crippen LogP contribution in [0.3, 0.4) is 0 Å². The molecule has 0 atom stereocenters. The van der Waals surface area contributed by atoms with Crippen molar-refractivity contribution in [2.75, 3.05) is 9.80 Å². The lowest BCUT2D eigenvalue weighted by Crippen LogP contribution is -2.09. The van der Waals surface area contributed by atoms with Crippen molar-refractivity contribution >= 4 is 99.5 Å². The highest BCUT2D eigenvalue weighted by Crippen LogP contribution is 2.45. The number of hydrogen-bond acceptors (Lipinski definition) is 2. The molecule has 0 saturated carbocycles. The van der Waals surface area contributed by atoms with Crippen molar-refractivity contribution in [1.29, 1.82) is 0 Å². The SMILES string of the molecule is [C-]#[N+]c1cc2c3cc4ccc(N(c5ccccc5)c5ccccc5)cc4cc3n3c4cc5cc(N(c6ccccc6)c6ccccc6)ccc5cc4c(c1)c23. The molecule has 0 aliphatic heterocycles. The lowest BCUT2D eigenvalue weighted by atomic mass is 10.0. The first-order valence-electron chi connectivity index (χ1n) is 18.5. The number of fused-ring (bicyclic) bond motifs is 8. The quantitative estimate of drug-likeness (QED) is 0.160. The van der Waals surface area contributed by atoms with Crippen molar-refractivity contribution in [1.82, 2.24) is 4.40 Å². The summed E-state index contributed by atoms with van der Waals surface area (Å²) in [4.78, 5) is 8.56. The highest BCUT2D eigenvalue weighted by atomic mass is 15.1. The molecule has 2 heterocycles. The van der Waals surface area contributed by atoms with E-state index in [1.54, 1.807) is 0 Å². The predicted octanol–water partition coefficient (Wildman–Crippen LogP) is 14.6. The lowest BCUT2D eigenvalue weighted by Gasteiger charge is -2.25. The van der Waals surface area contributed by atoms with Gasteiger partial charge in [-0.25, -0.2) is 4.85 Å². The van der Waals surface area contributed by atoms with E-state index in [1.165, 1.54) is 0 Å². The summed E-state index contributed by atoms with van der Waals surface area (Å²) in [6.45, 7) is 8.04. The number of aromatic nitrogens is 1. The van der Waals surface area contributed by atoms with Gasteiger partial charge in [0, 0.05) is 44.9 Å². The fourth-order valence-electron chi connectivity index (χ4n) is 8.53. The number of hydrogen-bond donors (Lipinski definition) is 0. The van der Waals surface area contributed by atoms with E-state index < -0.39 is 0 Å². The van der Waals surface area contributed by atoms with E-state index in [1.807, 2.05) is 0 Å². The van der Waals surface area contributed by atoms with Gasteiger partial charge < -0.3 is 14.2 Å². The fraction of sp³-hybridized carbons (Fsp3) is 0. The summed E-state index contributed by atoms with van der Waals surface area (Å²) in [6.07, 6.45) is 0. The van der Waals surface area contributed by atoms with Gasteiger partial charge in [-0.15, -0.1) is 0 Å². The van der Waals surface area contributed by atoms with E-state index in [4.69, 9.17) is 6.57 Å². The molecular weight excluding hydrogens is 669 g/mol. The molecule has 4 nitrogen and oxygen atoms in total. The third-order valence-electron chi connectivity index (χ3n) is 11.0. The van der Waals surface area contributed by atoms with Gasteiger partial charge in [0.1, 0.15) is 0 Å². The average molecular weight is 701 g/mol. The fourth-order valence-corrected chi connectivity index (χ4v) is 8.53. The zero-order valence-electron chi connectivity index (χ0n) is 29.8. The minimum Gasteiger partial charge on any atom is -0.310 e. The van der Waals surface area contributed by atoms with E-state index in [0.29, 0.717) is 5.69 Å². The first-order chi connectivity index (χ1) is 27.2. The van der Waals surface area contributed by atoms with E-state index in [0.717, 1.165) is 93.8 Å². The molecule has 4 heteroatoms. The first-order valence-corrected chi connectivity index (χ1v) is 18.5. The zero-order valence-corrected chi connectivity index (χ0v) is 29.8. The molecule has 0 fully saturated rings. The molecule has 0 bridgehead atoms. The van der Waals surface area contributed by atoms with E-state index in [-0.39, 0.29) is 0 Å². The lowest BCUT2D eigenvalue weighted by molar-refractivity contribution is 1.29. The Bertz CT molecular complexity index is 2970. The van der Waals surface area contributed by atoms with Gasteiger partial charge in [-0.3, -0.25) is 0 Å². The van der Waals surface area contributed by atoms with Gasteiger partial charge in [0.15, 0.2) is 5.69 Å². The van der Waals surface area contributed by atoms with Crippen LogP contribution in [-0.2, 0) is 0 Å². The summed E-state index contributed by atoms with van der Waals surface area (Å²) in [5.41, 5.74) is 10.7. The van der Waals surface area contributed by atoms with Crippen LogP contribution < -0.4 is 9.80 Å². The zero-order chi connectivity index (χ0) is 36.5. The molecule has 0 spiro atoms. The van der Waals surface area contributed by atoms with Gasteiger partial charge >= 0.3 is 0 Å². The molecule has 0 saturated heterocycles. The summed E-state index contributed by atoms with van der Waals surface area (Å²) in [7, 11) is 0. The van der Waals surface area contributed by atoms with Gasteiger partial charge in [0.2, 0.25) is 0 Å². The number of benzene rings is 9. The normalized spacial score (nSPS) is 11.6. The van der Waals surface area contributed by atoms with Gasteiger partial charge in [-0.05, 0) is 142 Å². The molecule has 256 valence electrons. The van der Waals surface area contributed by atoms with Crippen molar-refractivity contribution in [2.24, 2.45) is 0 Å². The van der Waals surface area contributed by atoms with Crippen LogP contribution in [-0.4, -0.2) is 4.40 Å². The monoisotopic (exact) mass is 700 g/mol. The molecule has 9 aromatic carbocycles. The van der Waals surface area contributed by atoms with Crippen LogP contribution in [0.4, 0.5) is 39.8 Å². The summed E-state index contributed by atoms with van der Waals surface area (Å²) in [5.74, 6) is 0. The summed E-state index contributed by atoms with van der Waals surface area (Å²) in [5, 5.41) is 9.18. The Morgan fingerprint density at radius 3 is 1.09 bits per heavy atom. The number of rotatable bonds is 6. The maximum absolute atomic E-state index is 8.04. The number of para-hydroxylation sites is 4. The van der Waals surface area contributed by atoms with Crippen molar-refractivity contribution in [3.63, 3.8) is 0 Å². The van der Waals surface area contributed by atoms with Crippen LogP contribution in [0.1, 0.15) is 0 Å². The number of nitrogens with zero attached hydrogens (tertiary/aromatic N) is 4. The largest absolute Gasteiger partial charge is 0.310 e. The Kier molecular flexibility index (Phi) is 6.89. The van der Waals surface area contributed by atoms with Crippen LogP contribution in [0.2, 0.25) is 0 Å². The van der Waals surface area contributed by atoms with Crippen molar-refractivity contribution in [2.45, 2.75) is 0 Å². The Labute approximate surface area is 318 Å². The third kappa shape index (κ3) is 4.91. The first kappa shape index (κ1) is 31.0. The molecule has 0 amide bonds. The van der Waals surface area contributed by atoms with Crippen LogP contribution in [0.15, 0.2) is 194 Å². The summed E-state index contributed by atoms with van der Waals surface area (Å²) in [6, 6.07) is 69.1. The van der Waals surface area contributed by atoms with Crippen molar-refractivity contribution in [3.8, 4) is 0 Å². The van der Waals surface area contributed by atoms with Crippen LogP contribution in [0.5, 0.6) is 0 Å². The Balaban J connectivity index is 1.16. The predicted molar refractivity (Wildman–Crippen MR) is 232 cm³/mol. The smallest absolute Gasteiger partial charge is 0.188 e. The topological polar surface area (TPSA) is 15.3 Å². The summed E-state index contributed by atoms with van der Waals surface area (Å²) >= 11 is 0. The molecule has 0 aliphatic carbocycles. The summed E-state index contributed by atoms with van der Waals surface area (Å²) < 4.78 is 2.43. The highest BCUT2D eigenvalue weighted by Gasteiger charge is 2.21. The van der Waals surface area contributed by atoms with Gasteiger partial charge in [-0.2, -0.15) is 0 Å². The average Bonchev–Trinajstić information content (AvgIpc) is 3.74. The highest BCUT2D eigenvalue weighted by molar-refractivity contribution is 6.27. The molecule has 11 rings (SSSR count). The second-order valence-electron chi connectivity index (χ2n) is 14.2. The maximum Gasteiger partial charge on any atom is 0.188 e.